The molecule has 246 valence electrons. The largest absolute Gasteiger partial charge is 0.493 e. The molecule has 2 heterocycles. The number of carbonyl (C=O) groups is 1. The van der Waals surface area contributed by atoms with E-state index in [1.165, 1.54) is 36.3 Å². The van der Waals surface area contributed by atoms with Gasteiger partial charge in [0.25, 0.3) is 5.56 Å². The van der Waals surface area contributed by atoms with Gasteiger partial charge in [-0.25, -0.2) is 9.79 Å². The summed E-state index contributed by atoms with van der Waals surface area (Å²) in [7, 11) is 2.83. The van der Waals surface area contributed by atoms with Crippen LogP contribution in [-0.4, -0.2) is 38.0 Å². The first kappa shape index (κ1) is 32.9. The number of hydrogen-bond donors (Lipinski definition) is 0. The lowest BCUT2D eigenvalue weighted by atomic mass is 9.97. The Balaban J connectivity index is 1.36. The van der Waals surface area contributed by atoms with Gasteiger partial charge in [-0.2, -0.15) is 0 Å². The average Bonchev–Trinajstić information content (AvgIpc) is 3.41. The Morgan fingerprint density at radius 2 is 1.69 bits per heavy atom. The molecule has 1 atom stereocenters. The molecule has 0 saturated carbocycles. The smallest absolute Gasteiger partial charge is 0.337 e. The summed E-state index contributed by atoms with van der Waals surface area (Å²) in [5, 5.41) is 2.60. The molecule has 4 aromatic carbocycles. The zero-order valence-electron chi connectivity index (χ0n) is 26.8. The van der Waals surface area contributed by atoms with Crippen LogP contribution in [0.2, 0.25) is 5.02 Å². The van der Waals surface area contributed by atoms with Gasteiger partial charge >= 0.3 is 5.97 Å². The van der Waals surface area contributed by atoms with Gasteiger partial charge in [0.2, 0.25) is 0 Å². The fourth-order valence-electron chi connectivity index (χ4n) is 5.59. The van der Waals surface area contributed by atoms with Gasteiger partial charge < -0.3 is 23.7 Å². The minimum absolute atomic E-state index is 0.209. The highest BCUT2D eigenvalue weighted by molar-refractivity contribution is 7.07. The van der Waals surface area contributed by atoms with E-state index in [-0.39, 0.29) is 17.7 Å². The fourth-order valence-corrected chi connectivity index (χ4v) is 6.83. The predicted octanol–water partition coefficient (Wildman–Crippen LogP) is 6.21. The van der Waals surface area contributed by atoms with Crippen molar-refractivity contribution in [1.82, 2.24) is 4.57 Å². The number of carbonyl (C=O) groups excluding carboxylic acids is 1. The number of nitrogens with zero attached hydrogens (tertiary/aromatic N) is 2. The van der Waals surface area contributed by atoms with Crippen LogP contribution in [0.4, 0.5) is 0 Å². The van der Waals surface area contributed by atoms with Gasteiger partial charge in [-0.1, -0.05) is 65.4 Å². The van der Waals surface area contributed by atoms with Gasteiger partial charge in [-0.3, -0.25) is 9.36 Å². The normalized spacial score (nSPS) is 14.1. The Morgan fingerprint density at radius 1 is 0.917 bits per heavy atom. The Labute approximate surface area is 285 Å². The Bertz CT molecular complexity index is 2220. The second kappa shape index (κ2) is 14.4. The standard InChI is InChI=1S/C37H33ClN2O7S/c1-5-45-29-14-13-26(19-30(29)46-6-2)33-27(36(42)44-4)20-39-37-40(33)35(41)32(48-37)18-23-16-28(38)34(31(17-23)43-3)47-21-22-11-12-24-9-7-8-10-25(24)15-22/h7-20,33H,5-6,21H2,1-4H3/b32-18-/t33-/m0/s1. The number of aromatic nitrogens is 1. The van der Waals surface area contributed by atoms with Gasteiger partial charge in [0.1, 0.15) is 6.61 Å². The molecule has 0 amide bonds. The molecule has 48 heavy (non-hydrogen) atoms. The van der Waals surface area contributed by atoms with Crippen LogP contribution in [0.5, 0.6) is 23.0 Å². The zero-order valence-corrected chi connectivity index (χ0v) is 28.4. The lowest BCUT2D eigenvalue weighted by molar-refractivity contribution is -0.136. The Hall–Kier alpha value is -5.06. The zero-order chi connectivity index (χ0) is 33.8. The molecule has 0 fully saturated rings. The molecule has 0 spiro atoms. The Morgan fingerprint density at radius 3 is 2.44 bits per heavy atom. The first-order chi connectivity index (χ1) is 23.3. The van der Waals surface area contributed by atoms with Crippen molar-refractivity contribution in [2.45, 2.75) is 26.5 Å². The van der Waals surface area contributed by atoms with Crippen molar-refractivity contribution in [1.29, 1.82) is 0 Å². The minimum Gasteiger partial charge on any atom is -0.493 e. The quantitative estimate of drug-likeness (QED) is 0.153. The SMILES string of the molecule is CCOc1ccc([C@H]2C(C(=O)OC)=CN=c3s/c(=C\c4cc(Cl)c(OCc5ccc6ccccc6c5)c(OC)c4)c(=O)n32)cc1OCC. The molecule has 0 N–H and O–H groups in total. The van der Waals surface area contributed by atoms with Gasteiger partial charge in [0.05, 0.1) is 48.6 Å². The number of hydrogen-bond acceptors (Lipinski definition) is 9. The highest BCUT2D eigenvalue weighted by atomic mass is 35.5. The van der Waals surface area contributed by atoms with Crippen LogP contribution in [0.25, 0.3) is 16.8 Å². The van der Waals surface area contributed by atoms with Crippen LogP contribution in [-0.2, 0) is 16.1 Å². The maximum Gasteiger partial charge on any atom is 0.337 e. The number of ether oxygens (including phenoxy) is 5. The van der Waals surface area contributed by atoms with E-state index in [1.54, 1.807) is 36.4 Å². The number of fused-ring (bicyclic) bond motifs is 2. The molecule has 1 aliphatic heterocycles. The van der Waals surface area contributed by atoms with E-state index in [4.69, 9.17) is 35.3 Å². The summed E-state index contributed by atoms with van der Waals surface area (Å²) in [4.78, 5) is 31.9. The van der Waals surface area contributed by atoms with Crippen molar-refractivity contribution in [2.75, 3.05) is 27.4 Å². The number of benzene rings is 4. The molecule has 1 aliphatic rings. The van der Waals surface area contributed by atoms with E-state index < -0.39 is 12.0 Å². The third-order valence-electron chi connectivity index (χ3n) is 7.75. The van der Waals surface area contributed by atoms with E-state index in [0.717, 1.165) is 16.3 Å². The average molecular weight is 685 g/mol. The molecular weight excluding hydrogens is 652 g/mol. The molecule has 11 heteroatoms. The highest BCUT2D eigenvalue weighted by Gasteiger charge is 2.31. The van der Waals surface area contributed by atoms with Crippen LogP contribution in [0.1, 0.15) is 36.6 Å². The topological polar surface area (TPSA) is 97.6 Å². The fraction of sp³-hybridized carbons (Fsp3) is 0.216. The maximum absolute atomic E-state index is 14.1. The van der Waals surface area contributed by atoms with Gasteiger partial charge in [0, 0.05) is 6.20 Å². The molecule has 0 aliphatic carbocycles. The number of rotatable bonds is 11. The summed E-state index contributed by atoms with van der Waals surface area (Å²) in [6, 6.07) is 22.3. The summed E-state index contributed by atoms with van der Waals surface area (Å²) in [5.74, 6) is 1.29. The molecule has 5 aromatic rings. The predicted molar refractivity (Wildman–Crippen MR) is 186 cm³/mol. The number of methoxy groups -OCH3 is 2. The molecule has 0 radical (unpaired) electrons. The van der Waals surface area contributed by atoms with Crippen molar-refractivity contribution < 1.29 is 28.5 Å². The number of esters is 1. The molecular formula is C37H33ClN2O7S. The highest BCUT2D eigenvalue weighted by Crippen LogP contribution is 2.38. The number of halogens is 1. The lowest BCUT2D eigenvalue weighted by Crippen LogP contribution is -2.39. The van der Waals surface area contributed by atoms with Crippen molar-refractivity contribution in [3.63, 3.8) is 0 Å². The van der Waals surface area contributed by atoms with E-state index >= 15 is 0 Å². The molecule has 1 aromatic heterocycles. The summed E-state index contributed by atoms with van der Waals surface area (Å²) in [6.07, 6.45) is 3.16. The van der Waals surface area contributed by atoms with Crippen LogP contribution < -0.4 is 33.8 Å². The lowest BCUT2D eigenvalue weighted by Gasteiger charge is -2.23. The van der Waals surface area contributed by atoms with Crippen molar-refractivity contribution in [2.24, 2.45) is 4.99 Å². The van der Waals surface area contributed by atoms with E-state index in [9.17, 15) is 9.59 Å². The van der Waals surface area contributed by atoms with E-state index in [1.807, 2.05) is 32.0 Å². The molecule has 6 rings (SSSR count). The van der Waals surface area contributed by atoms with Crippen LogP contribution in [0, 0.1) is 0 Å². The van der Waals surface area contributed by atoms with E-state index in [2.05, 4.69) is 29.3 Å². The molecule has 0 unspecified atom stereocenters. The minimum atomic E-state index is -0.810. The van der Waals surface area contributed by atoms with Crippen LogP contribution >= 0.6 is 22.9 Å². The van der Waals surface area contributed by atoms with Crippen LogP contribution in [0.15, 0.2) is 94.4 Å². The molecule has 0 saturated heterocycles. The van der Waals surface area contributed by atoms with E-state index in [0.29, 0.717) is 61.7 Å². The second-order valence-electron chi connectivity index (χ2n) is 10.8. The molecule has 0 bridgehead atoms. The van der Waals surface area contributed by atoms with Gasteiger partial charge in [-0.15, -0.1) is 0 Å². The first-order valence-electron chi connectivity index (χ1n) is 15.3. The monoisotopic (exact) mass is 684 g/mol. The summed E-state index contributed by atoms with van der Waals surface area (Å²) < 4.78 is 30.3. The second-order valence-corrected chi connectivity index (χ2v) is 12.2. The molecule has 9 nitrogen and oxygen atoms in total. The summed E-state index contributed by atoms with van der Waals surface area (Å²) in [5.41, 5.74) is 2.12. The van der Waals surface area contributed by atoms with Gasteiger partial charge in [0.15, 0.2) is 27.8 Å². The van der Waals surface area contributed by atoms with Crippen molar-refractivity contribution in [3.8, 4) is 23.0 Å². The summed E-state index contributed by atoms with van der Waals surface area (Å²) >= 11 is 7.92. The maximum atomic E-state index is 14.1. The van der Waals surface area contributed by atoms with Crippen molar-refractivity contribution in [3.05, 3.63) is 126 Å². The summed E-state index contributed by atoms with van der Waals surface area (Å²) in [6.45, 7) is 4.91. The first-order valence-corrected chi connectivity index (χ1v) is 16.5. The third-order valence-corrected chi connectivity index (χ3v) is 9.03. The Kier molecular flexibility index (Phi) is 9.84. The van der Waals surface area contributed by atoms with Gasteiger partial charge in [-0.05, 0) is 77.7 Å². The number of thiazole rings is 1. The third kappa shape index (κ3) is 6.54. The van der Waals surface area contributed by atoms with Crippen molar-refractivity contribution >= 4 is 45.8 Å². The van der Waals surface area contributed by atoms with Crippen LogP contribution in [0.3, 0.4) is 0 Å².